The summed E-state index contributed by atoms with van der Waals surface area (Å²) in [7, 11) is 0. The lowest BCUT2D eigenvalue weighted by Gasteiger charge is -2.29. The number of hydrogen-bond donors (Lipinski definition) is 18. The lowest BCUT2D eigenvalue weighted by Crippen LogP contribution is -2.62. The molecule has 29 nitrogen and oxygen atoms in total. The summed E-state index contributed by atoms with van der Waals surface area (Å²) in [6, 6.07) is -6.10. The SMILES string of the molecule is CCNCC[C@H](NC(=O)CCCCC(C)C)C(=O)N[C@H](C(=O)N[C@@H](CCN)C(=O)N[C@H]1CCNC(=O)[C@H]([C@@H](C)O)NC(=O)[C@@H](CCN)NC(=O)[C@H](CCN)NC(=O)[C@H](CC(C)C)NC(=O)[C@@H](Cc2ccccc2)NC(=O)[C@H](CCN)NC1=O)[C@@H](C)O. The molecular formula is C57H100N16O13. The molecule has 86 heavy (non-hydrogen) atoms. The second-order valence-corrected chi connectivity index (χ2v) is 22.5. The molecule has 0 radical (unpaired) electrons. The van der Waals surface area contributed by atoms with Crippen molar-refractivity contribution in [2.45, 2.75) is 198 Å². The van der Waals surface area contributed by atoms with Gasteiger partial charge in [0.2, 0.25) is 65.0 Å². The van der Waals surface area contributed by atoms with E-state index in [0.717, 1.165) is 12.8 Å². The topological polar surface area (TPSA) is 477 Å². The van der Waals surface area contributed by atoms with E-state index in [1.54, 1.807) is 44.2 Å². The molecule has 22 N–H and O–H groups in total. The third-order valence-corrected chi connectivity index (χ3v) is 14.0. The van der Waals surface area contributed by atoms with Gasteiger partial charge < -0.3 is 96.9 Å². The van der Waals surface area contributed by atoms with E-state index < -0.39 is 145 Å². The first-order valence-electron chi connectivity index (χ1n) is 30.0. The van der Waals surface area contributed by atoms with E-state index in [9.17, 15) is 63.0 Å². The molecule has 1 aromatic rings. The normalized spacial score (nSPS) is 22.5. The highest BCUT2D eigenvalue weighted by atomic mass is 16.3. The third kappa shape index (κ3) is 27.6. The Morgan fingerprint density at radius 2 is 1.09 bits per heavy atom. The highest BCUT2D eigenvalue weighted by Gasteiger charge is 2.37. The molecule has 29 heteroatoms. The quantitative estimate of drug-likeness (QED) is 0.0321. The van der Waals surface area contributed by atoms with E-state index in [1.165, 1.54) is 13.8 Å². The Morgan fingerprint density at radius 1 is 0.570 bits per heavy atom. The zero-order valence-corrected chi connectivity index (χ0v) is 51.1. The van der Waals surface area contributed by atoms with Gasteiger partial charge in [-0.15, -0.1) is 0 Å². The van der Waals surface area contributed by atoms with Gasteiger partial charge in [-0.1, -0.05) is 77.8 Å². The van der Waals surface area contributed by atoms with Crippen molar-refractivity contribution in [2.24, 2.45) is 34.8 Å². The van der Waals surface area contributed by atoms with Crippen LogP contribution in [0.4, 0.5) is 0 Å². The second-order valence-electron chi connectivity index (χ2n) is 22.5. The highest BCUT2D eigenvalue weighted by Crippen LogP contribution is 2.12. The Balaban J connectivity index is 2.69. The number of nitrogens with one attached hydrogen (secondary N) is 12. The Bertz CT molecular complexity index is 2330. The van der Waals surface area contributed by atoms with Crippen LogP contribution in [-0.4, -0.2) is 194 Å². The van der Waals surface area contributed by atoms with Crippen molar-refractivity contribution in [3.05, 3.63) is 35.9 Å². The summed E-state index contributed by atoms with van der Waals surface area (Å²) in [6.45, 7) is 11.8. The van der Waals surface area contributed by atoms with Gasteiger partial charge in [-0.05, 0) is 122 Å². The number of carbonyl (C=O) groups is 11. The van der Waals surface area contributed by atoms with Gasteiger partial charge in [0, 0.05) is 19.4 Å². The van der Waals surface area contributed by atoms with Crippen LogP contribution >= 0.6 is 0 Å². The molecule has 0 bridgehead atoms. The van der Waals surface area contributed by atoms with Crippen LogP contribution in [-0.2, 0) is 59.2 Å². The van der Waals surface area contributed by atoms with Gasteiger partial charge in [0.05, 0.1) is 12.2 Å². The number of amides is 11. The number of hydrogen-bond acceptors (Lipinski definition) is 18. The maximum absolute atomic E-state index is 14.6. The minimum Gasteiger partial charge on any atom is -0.391 e. The largest absolute Gasteiger partial charge is 0.391 e. The summed E-state index contributed by atoms with van der Waals surface area (Å²) in [5.74, 6) is -9.35. The zero-order chi connectivity index (χ0) is 64.5. The summed E-state index contributed by atoms with van der Waals surface area (Å²) in [5, 5.41) is 53.1. The predicted octanol–water partition coefficient (Wildman–Crippen LogP) is -4.98. The molecule has 1 fully saturated rings. The fourth-order valence-corrected chi connectivity index (χ4v) is 9.23. The smallest absolute Gasteiger partial charge is 0.245 e. The first-order valence-corrected chi connectivity index (χ1v) is 30.0. The van der Waals surface area contributed by atoms with E-state index >= 15 is 0 Å². The van der Waals surface area contributed by atoms with E-state index in [-0.39, 0.29) is 89.4 Å². The molecule has 0 spiro atoms. The zero-order valence-electron chi connectivity index (χ0n) is 51.1. The average molecular weight is 1220 g/mol. The molecule has 11 amide bonds. The first kappa shape index (κ1) is 75.2. The number of carbonyl (C=O) groups excluding carboxylic acids is 11. The van der Waals surface area contributed by atoms with Crippen LogP contribution in [0.1, 0.15) is 125 Å². The standard InChI is InChI=1S/C57H100N16O13/c1-8-62-28-22-41(64-45(76)17-13-12-14-32(2)3)53(82)73-47(35(7)75)57(86)69-39(20-26-60)49(78)68-42-23-29-63-56(85)46(34(6)74)72-52(81)40(21-27-61)66-48(77)37(18-24-58)67-54(83)43(30-33(4)5)70-55(84)44(31-36-15-10-9-11-16-36)71-50(79)38(19-25-59)65-51(42)80/h9-11,15-16,32-35,37-44,46-47,62,74-75H,8,12-14,17-31,58-61H2,1-7H3,(H,63,85)(H,64,76)(H,65,80)(H,66,77)(H,67,83)(H,68,78)(H,69,86)(H,70,84)(H,71,79)(H,72,81)(H,73,82)/t34-,35-,37+,38+,39+,40-,41+,42+,43+,44-,46+,47+/m1/s1. The molecule has 2 rings (SSSR count). The van der Waals surface area contributed by atoms with Crippen LogP contribution in [0.5, 0.6) is 0 Å². The van der Waals surface area contributed by atoms with Crippen molar-refractivity contribution < 1.29 is 63.0 Å². The van der Waals surface area contributed by atoms with Crippen LogP contribution in [0.25, 0.3) is 0 Å². The Kier molecular flexibility index (Phi) is 35.4. The summed E-state index contributed by atoms with van der Waals surface area (Å²) < 4.78 is 0. The molecule has 1 saturated heterocycles. The average Bonchev–Trinajstić information content (AvgIpc) is 3.67. The van der Waals surface area contributed by atoms with Crippen molar-refractivity contribution in [2.75, 3.05) is 45.8 Å². The lowest BCUT2D eigenvalue weighted by atomic mass is 10.00. The van der Waals surface area contributed by atoms with Crippen LogP contribution in [0, 0.1) is 11.8 Å². The second kappa shape index (κ2) is 40.5. The summed E-state index contributed by atoms with van der Waals surface area (Å²) in [4.78, 5) is 154. The number of aliphatic hydroxyl groups excluding tert-OH is 2. The van der Waals surface area contributed by atoms with E-state index in [1.807, 2.05) is 6.92 Å². The van der Waals surface area contributed by atoms with Gasteiger partial charge in [0.1, 0.15) is 60.4 Å². The monoisotopic (exact) mass is 1220 g/mol. The number of unbranched alkanes of at least 4 members (excludes halogenated alkanes) is 1. The van der Waals surface area contributed by atoms with E-state index in [4.69, 9.17) is 22.9 Å². The van der Waals surface area contributed by atoms with Crippen LogP contribution in [0.2, 0.25) is 0 Å². The van der Waals surface area contributed by atoms with Crippen LogP contribution in [0.3, 0.4) is 0 Å². The predicted molar refractivity (Wildman–Crippen MR) is 321 cm³/mol. The molecule has 1 aromatic carbocycles. The number of rotatable bonds is 30. The highest BCUT2D eigenvalue weighted by molar-refractivity contribution is 5.99. The van der Waals surface area contributed by atoms with Gasteiger partial charge >= 0.3 is 0 Å². The maximum Gasteiger partial charge on any atom is 0.245 e. The minimum atomic E-state index is -1.69. The number of aliphatic hydroxyl groups is 2. The molecule has 12 atom stereocenters. The van der Waals surface area contributed by atoms with Gasteiger partial charge in [-0.3, -0.25) is 52.7 Å². The van der Waals surface area contributed by atoms with Gasteiger partial charge in [0.25, 0.3) is 0 Å². The molecule has 1 aliphatic heterocycles. The Labute approximate surface area is 504 Å². The molecule has 0 aliphatic carbocycles. The maximum atomic E-state index is 14.6. The minimum absolute atomic E-state index is 0.0472. The molecular weight excluding hydrogens is 1120 g/mol. The number of nitrogens with two attached hydrogens (primary N) is 4. The first-order chi connectivity index (χ1) is 40.8. The molecule has 486 valence electrons. The summed E-state index contributed by atoms with van der Waals surface area (Å²) in [6.07, 6.45) is -1.84. The molecule has 1 aliphatic rings. The molecule has 0 saturated carbocycles. The Morgan fingerprint density at radius 3 is 1.62 bits per heavy atom. The summed E-state index contributed by atoms with van der Waals surface area (Å²) >= 11 is 0. The van der Waals surface area contributed by atoms with Crippen molar-refractivity contribution in [3.8, 4) is 0 Å². The van der Waals surface area contributed by atoms with Gasteiger partial charge in [0.15, 0.2) is 0 Å². The van der Waals surface area contributed by atoms with Crippen molar-refractivity contribution in [1.29, 1.82) is 0 Å². The van der Waals surface area contributed by atoms with Gasteiger partial charge in [-0.2, -0.15) is 0 Å². The fourth-order valence-electron chi connectivity index (χ4n) is 9.23. The number of benzene rings is 1. The fraction of sp³-hybridized carbons (Fsp3) is 0.702. The van der Waals surface area contributed by atoms with Gasteiger partial charge in [-0.25, -0.2) is 0 Å². The van der Waals surface area contributed by atoms with E-state index in [0.29, 0.717) is 31.0 Å². The van der Waals surface area contributed by atoms with Crippen molar-refractivity contribution in [1.82, 2.24) is 63.8 Å². The van der Waals surface area contributed by atoms with E-state index in [2.05, 4.69) is 77.6 Å². The van der Waals surface area contributed by atoms with Crippen molar-refractivity contribution in [3.63, 3.8) is 0 Å². The van der Waals surface area contributed by atoms with Crippen LogP contribution < -0.4 is 86.7 Å². The van der Waals surface area contributed by atoms with Crippen LogP contribution in [0.15, 0.2) is 30.3 Å². The molecule has 0 aromatic heterocycles. The third-order valence-electron chi connectivity index (χ3n) is 14.0. The molecule has 1 heterocycles. The summed E-state index contributed by atoms with van der Waals surface area (Å²) in [5.41, 5.74) is 24.2. The Hall–Kier alpha value is -6.89. The lowest BCUT2D eigenvalue weighted by molar-refractivity contribution is -0.137. The van der Waals surface area contributed by atoms with Crippen molar-refractivity contribution >= 4 is 65.0 Å². The molecule has 0 unspecified atom stereocenters.